The molecule has 0 saturated heterocycles. The zero-order valence-electron chi connectivity index (χ0n) is 9.23. The SMILES string of the molecule is Cc1ccc(C(=O)NC[C@@H](O)CO)n1C(F)F. The Morgan fingerprint density at radius 1 is 1.53 bits per heavy atom. The molecule has 0 saturated carbocycles. The molecule has 1 aromatic rings. The highest BCUT2D eigenvalue weighted by Gasteiger charge is 2.19. The highest BCUT2D eigenvalue weighted by molar-refractivity contribution is 5.92. The van der Waals surface area contributed by atoms with E-state index in [0.717, 1.165) is 0 Å². The number of aliphatic hydroxyl groups is 2. The molecule has 1 aromatic heterocycles. The first kappa shape index (κ1) is 13.6. The van der Waals surface area contributed by atoms with Gasteiger partial charge in [0.05, 0.1) is 12.7 Å². The van der Waals surface area contributed by atoms with Crippen LogP contribution in [0.1, 0.15) is 22.7 Å². The standard InChI is InChI=1S/C10H14F2N2O3/c1-6-2-3-8(14(6)10(11)12)9(17)13-4-7(16)5-15/h2-3,7,10,15-16H,4-5H2,1H3,(H,13,17)/t7-/m1/s1. The second-order valence-corrected chi connectivity index (χ2v) is 3.55. The molecular formula is C10H14F2N2O3. The molecule has 0 aromatic carbocycles. The van der Waals surface area contributed by atoms with Gasteiger partial charge in [-0.05, 0) is 19.1 Å². The fourth-order valence-corrected chi connectivity index (χ4v) is 1.36. The number of aryl methyl sites for hydroxylation is 1. The number of carbonyl (C=O) groups is 1. The molecule has 0 aliphatic rings. The minimum Gasteiger partial charge on any atom is -0.394 e. The fraction of sp³-hybridized carbons (Fsp3) is 0.500. The number of nitrogens with one attached hydrogen (secondary N) is 1. The molecule has 17 heavy (non-hydrogen) atoms. The first-order valence-corrected chi connectivity index (χ1v) is 5.00. The van der Waals surface area contributed by atoms with E-state index in [1.165, 1.54) is 19.1 Å². The summed E-state index contributed by atoms with van der Waals surface area (Å²) in [6, 6.07) is 2.69. The smallest absolute Gasteiger partial charge is 0.319 e. The maximum absolute atomic E-state index is 12.6. The van der Waals surface area contributed by atoms with E-state index in [0.29, 0.717) is 4.57 Å². The van der Waals surface area contributed by atoms with Crippen LogP contribution in [0.4, 0.5) is 8.78 Å². The minimum atomic E-state index is -2.80. The number of alkyl halides is 2. The second kappa shape index (κ2) is 5.74. The monoisotopic (exact) mass is 248 g/mol. The van der Waals surface area contributed by atoms with Crippen molar-refractivity contribution in [1.29, 1.82) is 0 Å². The maximum atomic E-state index is 12.6. The van der Waals surface area contributed by atoms with Crippen molar-refractivity contribution in [1.82, 2.24) is 9.88 Å². The number of amides is 1. The third-order valence-electron chi connectivity index (χ3n) is 2.26. The van der Waals surface area contributed by atoms with E-state index >= 15 is 0 Å². The van der Waals surface area contributed by atoms with Crippen LogP contribution in [0.15, 0.2) is 12.1 Å². The van der Waals surface area contributed by atoms with Gasteiger partial charge in [-0.2, -0.15) is 8.78 Å². The lowest BCUT2D eigenvalue weighted by Gasteiger charge is -2.12. The maximum Gasteiger partial charge on any atom is 0.319 e. The van der Waals surface area contributed by atoms with E-state index in [4.69, 9.17) is 10.2 Å². The van der Waals surface area contributed by atoms with Crippen molar-refractivity contribution in [3.8, 4) is 0 Å². The second-order valence-electron chi connectivity index (χ2n) is 3.55. The molecule has 5 nitrogen and oxygen atoms in total. The van der Waals surface area contributed by atoms with Gasteiger partial charge in [-0.3, -0.25) is 9.36 Å². The fourth-order valence-electron chi connectivity index (χ4n) is 1.36. The summed E-state index contributed by atoms with van der Waals surface area (Å²) in [5.74, 6) is -0.717. The highest BCUT2D eigenvalue weighted by Crippen LogP contribution is 2.18. The number of hydrogen-bond acceptors (Lipinski definition) is 3. The van der Waals surface area contributed by atoms with Gasteiger partial charge in [-0.15, -0.1) is 0 Å². The minimum absolute atomic E-state index is 0.178. The van der Waals surface area contributed by atoms with E-state index in [-0.39, 0.29) is 17.9 Å². The number of aromatic nitrogens is 1. The average molecular weight is 248 g/mol. The molecule has 0 fully saturated rings. The molecule has 0 radical (unpaired) electrons. The molecule has 0 unspecified atom stereocenters. The van der Waals surface area contributed by atoms with E-state index in [1.54, 1.807) is 0 Å². The number of rotatable bonds is 5. The van der Waals surface area contributed by atoms with Crippen molar-refractivity contribution < 1.29 is 23.8 Å². The number of hydrogen-bond donors (Lipinski definition) is 3. The predicted molar refractivity (Wildman–Crippen MR) is 55.8 cm³/mol. The van der Waals surface area contributed by atoms with Crippen LogP contribution in [0.3, 0.4) is 0 Å². The largest absolute Gasteiger partial charge is 0.394 e. The quantitative estimate of drug-likeness (QED) is 0.700. The van der Waals surface area contributed by atoms with Gasteiger partial charge in [0.15, 0.2) is 0 Å². The van der Waals surface area contributed by atoms with Crippen LogP contribution in [0, 0.1) is 6.92 Å². The van der Waals surface area contributed by atoms with Crippen LogP contribution in [0.25, 0.3) is 0 Å². The van der Waals surface area contributed by atoms with E-state index in [2.05, 4.69) is 5.32 Å². The normalized spacial score (nSPS) is 12.8. The Morgan fingerprint density at radius 2 is 2.18 bits per heavy atom. The Hall–Kier alpha value is -1.47. The number of nitrogens with zero attached hydrogens (tertiary/aromatic N) is 1. The number of carbonyl (C=O) groups excluding carboxylic acids is 1. The first-order chi connectivity index (χ1) is 7.97. The summed E-state index contributed by atoms with van der Waals surface area (Å²) in [5.41, 5.74) is 0.0931. The summed E-state index contributed by atoms with van der Waals surface area (Å²) in [5, 5.41) is 19.8. The number of aliphatic hydroxyl groups excluding tert-OH is 2. The third-order valence-corrected chi connectivity index (χ3v) is 2.26. The molecule has 7 heteroatoms. The summed E-state index contributed by atoms with van der Waals surface area (Å²) in [6.07, 6.45) is -1.10. The van der Waals surface area contributed by atoms with Gasteiger partial charge in [0.1, 0.15) is 5.69 Å². The van der Waals surface area contributed by atoms with Crippen LogP contribution in [-0.4, -0.2) is 39.9 Å². The number of halogens is 2. The zero-order chi connectivity index (χ0) is 13.0. The van der Waals surface area contributed by atoms with E-state index in [1.807, 2.05) is 0 Å². The van der Waals surface area contributed by atoms with Gasteiger partial charge in [-0.1, -0.05) is 0 Å². The molecule has 1 atom stereocenters. The lowest BCUT2D eigenvalue weighted by molar-refractivity contribution is 0.0599. The summed E-state index contributed by atoms with van der Waals surface area (Å²) < 4.78 is 25.9. The summed E-state index contributed by atoms with van der Waals surface area (Å²) in [6.45, 7) is -2.03. The molecular weight excluding hydrogens is 234 g/mol. The van der Waals surface area contributed by atoms with Crippen molar-refractivity contribution in [2.24, 2.45) is 0 Å². The van der Waals surface area contributed by atoms with Crippen molar-refractivity contribution >= 4 is 5.91 Å². The van der Waals surface area contributed by atoms with Gasteiger partial charge in [0.2, 0.25) is 0 Å². The average Bonchev–Trinajstić information content (AvgIpc) is 2.67. The van der Waals surface area contributed by atoms with Crippen molar-refractivity contribution in [3.05, 3.63) is 23.5 Å². The Labute approximate surface area is 96.7 Å². The Balaban J connectivity index is 2.76. The van der Waals surface area contributed by atoms with Gasteiger partial charge in [0.25, 0.3) is 5.91 Å². The molecule has 96 valence electrons. The van der Waals surface area contributed by atoms with Gasteiger partial charge in [-0.25, -0.2) is 0 Å². The van der Waals surface area contributed by atoms with E-state index in [9.17, 15) is 13.6 Å². The molecule has 1 heterocycles. The highest BCUT2D eigenvalue weighted by atomic mass is 19.3. The van der Waals surface area contributed by atoms with Crippen LogP contribution in [0.2, 0.25) is 0 Å². The molecule has 1 amide bonds. The molecule has 1 rings (SSSR count). The molecule has 0 aliphatic heterocycles. The molecule has 0 spiro atoms. The van der Waals surface area contributed by atoms with Crippen LogP contribution >= 0.6 is 0 Å². The van der Waals surface area contributed by atoms with Crippen LogP contribution in [0.5, 0.6) is 0 Å². The van der Waals surface area contributed by atoms with Crippen LogP contribution < -0.4 is 5.32 Å². The van der Waals surface area contributed by atoms with Crippen molar-refractivity contribution in [3.63, 3.8) is 0 Å². The summed E-state index contributed by atoms with van der Waals surface area (Å²) >= 11 is 0. The van der Waals surface area contributed by atoms with Gasteiger partial charge in [0, 0.05) is 12.2 Å². The van der Waals surface area contributed by atoms with Gasteiger partial charge < -0.3 is 15.5 Å². The first-order valence-electron chi connectivity index (χ1n) is 5.00. The van der Waals surface area contributed by atoms with Crippen molar-refractivity contribution in [2.75, 3.05) is 13.2 Å². The topological polar surface area (TPSA) is 74.5 Å². The molecule has 0 bridgehead atoms. The van der Waals surface area contributed by atoms with Gasteiger partial charge >= 0.3 is 6.55 Å². The third kappa shape index (κ3) is 3.24. The summed E-state index contributed by atoms with van der Waals surface area (Å²) in [4.78, 5) is 11.5. The summed E-state index contributed by atoms with van der Waals surface area (Å²) in [7, 11) is 0. The Kier molecular flexibility index (Phi) is 4.59. The van der Waals surface area contributed by atoms with Crippen LogP contribution in [-0.2, 0) is 0 Å². The lowest BCUT2D eigenvalue weighted by Crippen LogP contribution is -2.35. The zero-order valence-corrected chi connectivity index (χ0v) is 9.23. The lowest BCUT2D eigenvalue weighted by atomic mass is 10.3. The predicted octanol–water partition coefficient (Wildman–Crippen LogP) is 0.275. The van der Waals surface area contributed by atoms with E-state index < -0.39 is 25.2 Å². The Morgan fingerprint density at radius 3 is 2.71 bits per heavy atom. The Bertz CT molecular complexity index is 393. The molecule has 0 aliphatic carbocycles. The van der Waals surface area contributed by atoms with Crippen molar-refractivity contribution in [2.45, 2.75) is 19.6 Å². The molecule has 3 N–H and O–H groups in total.